The minimum absolute atomic E-state index is 0. The molecule has 5 nitrogen and oxygen atoms in total. The first kappa shape index (κ1) is 13.5. The van der Waals surface area contributed by atoms with E-state index in [1.54, 1.807) is 7.11 Å². The Labute approximate surface area is 94.4 Å². The molecule has 0 radical (unpaired) electrons. The number of rotatable bonds is 3. The molecule has 1 aromatic carbocycles. The lowest BCUT2D eigenvalue weighted by atomic mass is 10.2. The Morgan fingerprint density at radius 1 is 1.47 bits per heavy atom. The molecule has 0 aromatic heterocycles. The average molecular weight is 232 g/mol. The van der Waals surface area contributed by atoms with Gasteiger partial charge < -0.3 is 10.1 Å². The van der Waals surface area contributed by atoms with Crippen molar-refractivity contribution in [1.82, 2.24) is 10.7 Å². The summed E-state index contributed by atoms with van der Waals surface area (Å²) in [7, 11) is 1.59. The molecule has 0 unspecified atom stereocenters. The third-order valence-corrected chi connectivity index (χ3v) is 1.76. The van der Waals surface area contributed by atoms with Gasteiger partial charge in [0.05, 0.1) is 7.11 Å². The summed E-state index contributed by atoms with van der Waals surface area (Å²) in [6.07, 6.45) is 0. The predicted octanol–water partition coefficient (Wildman–Crippen LogP) is 0.790. The van der Waals surface area contributed by atoms with Crippen LogP contribution in [0.5, 0.6) is 5.75 Å². The number of amides is 2. The summed E-state index contributed by atoms with van der Waals surface area (Å²) >= 11 is 0. The molecule has 2 amide bonds. The highest BCUT2D eigenvalue weighted by Gasteiger charge is 2.02. The molecule has 0 fully saturated rings. The SMILES string of the molecule is COc1ccccc1CNC(=O)NN.Cl. The van der Waals surface area contributed by atoms with Gasteiger partial charge in [-0.25, -0.2) is 10.6 Å². The maximum Gasteiger partial charge on any atom is 0.329 e. The van der Waals surface area contributed by atoms with Crippen LogP contribution in [0.25, 0.3) is 0 Å². The van der Waals surface area contributed by atoms with Crippen LogP contribution >= 0.6 is 12.4 Å². The summed E-state index contributed by atoms with van der Waals surface area (Å²) in [5.74, 6) is 5.65. The van der Waals surface area contributed by atoms with Crippen LogP contribution in [-0.4, -0.2) is 13.1 Å². The molecule has 6 heteroatoms. The van der Waals surface area contributed by atoms with Crippen LogP contribution in [0.2, 0.25) is 0 Å². The molecular formula is C9H14ClN3O2. The first-order valence-corrected chi connectivity index (χ1v) is 4.14. The minimum atomic E-state index is -0.420. The van der Waals surface area contributed by atoms with E-state index in [1.165, 1.54) is 0 Å². The van der Waals surface area contributed by atoms with E-state index in [0.717, 1.165) is 11.3 Å². The number of hydrogen-bond acceptors (Lipinski definition) is 3. The topological polar surface area (TPSA) is 76.4 Å². The van der Waals surface area contributed by atoms with Gasteiger partial charge in [-0.1, -0.05) is 18.2 Å². The Morgan fingerprint density at radius 2 is 2.13 bits per heavy atom. The molecule has 0 atom stereocenters. The van der Waals surface area contributed by atoms with Gasteiger partial charge in [0.1, 0.15) is 5.75 Å². The number of urea groups is 1. The van der Waals surface area contributed by atoms with Gasteiger partial charge in [0, 0.05) is 12.1 Å². The van der Waals surface area contributed by atoms with E-state index in [1.807, 2.05) is 29.7 Å². The van der Waals surface area contributed by atoms with E-state index in [9.17, 15) is 4.79 Å². The number of carbonyl (C=O) groups is 1. The summed E-state index contributed by atoms with van der Waals surface area (Å²) in [5.41, 5.74) is 2.88. The van der Waals surface area contributed by atoms with Crippen LogP contribution in [0.3, 0.4) is 0 Å². The summed E-state index contributed by atoms with van der Waals surface area (Å²) in [4.78, 5) is 10.8. The average Bonchev–Trinajstić information content (AvgIpc) is 2.26. The summed E-state index contributed by atoms with van der Waals surface area (Å²) in [6.45, 7) is 0.382. The second-order valence-electron chi connectivity index (χ2n) is 2.64. The highest BCUT2D eigenvalue weighted by atomic mass is 35.5. The maximum absolute atomic E-state index is 10.8. The number of nitrogens with one attached hydrogen (secondary N) is 2. The Balaban J connectivity index is 0.00000196. The molecule has 0 saturated heterocycles. The molecule has 0 aliphatic heterocycles. The molecule has 84 valence electrons. The van der Waals surface area contributed by atoms with Crippen LogP contribution in [-0.2, 0) is 6.54 Å². The Morgan fingerprint density at radius 3 is 2.73 bits per heavy atom. The van der Waals surface area contributed by atoms with E-state index in [4.69, 9.17) is 10.6 Å². The fourth-order valence-electron chi connectivity index (χ4n) is 1.08. The quantitative estimate of drug-likeness (QED) is 0.409. The molecule has 0 aliphatic rings. The standard InChI is InChI=1S/C9H13N3O2.ClH/c1-14-8-5-3-2-4-7(8)6-11-9(13)12-10;/h2-5H,6,10H2,1H3,(H2,11,12,13);1H. The normalized spacial score (nSPS) is 8.67. The number of methoxy groups -OCH3 is 1. The van der Waals surface area contributed by atoms with Crippen molar-refractivity contribution in [3.63, 3.8) is 0 Å². The highest BCUT2D eigenvalue weighted by molar-refractivity contribution is 5.85. The first-order valence-electron chi connectivity index (χ1n) is 4.14. The van der Waals surface area contributed by atoms with E-state index in [2.05, 4.69) is 5.32 Å². The van der Waals surface area contributed by atoms with E-state index in [-0.39, 0.29) is 12.4 Å². The number of para-hydroxylation sites is 1. The van der Waals surface area contributed by atoms with Gasteiger partial charge >= 0.3 is 6.03 Å². The van der Waals surface area contributed by atoms with Gasteiger partial charge in [-0.05, 0) is 6.07 Å². The molecule has 1 aromatic rings. The van der Waals surface area contributed by atoms with Crippen molar-refractivity contribution in [2.75, 3.05) is 7.11 Å². The third-order valence-electron chi connectivity index (χ3n) is 1.76. The van der Waals surface area contributed by atoms with Crippen molar-refractivity contribution in [3.05, 3.63) is 29.8 Å². The zero-order valence-corrected chi connectivity index (χ0v) is 9.14. The molecule has 0 saturated carbocycles. The zero-order chi connectivity index (χ0) is 10.4. The lowest BCUT2D eigenvalue weighted by molar-refractivity contribution is 0.240. The Hall–Kier alpha value is -1.46. The van der Waals surface area contributed by atoms with Crippen molar-refractivity contribution in [2.24, 2.45) is 5.84 Å². The Kier molecular flexibility index (Phi) is 6.24. The van der Waals surface area contributed by atoms with Crippen molar-refractivity contribution in [3.8, 4) is 5.75 Å². The van der Waals surface area contributed by atoms with Gasteiger partial charge in [0.25, 0.3) is 0 Å². The van der Waals surface area contributed by atoms with E-state index in [0.29, 0.717) is 6.54 Å². The van der Waals surface area contributed by atoms with Gasteiger partial charge in [-0.2, -0.15) is 0 Å². The molecular weight excluding hydrogens is 218 g/mol. The molecule has 1 rings (SSSR count). The first-order chi connectivity index (χ1) is 6.77. The molecule has 0 heterocycles. The number of ether oxygens (including phenoxy) is 1. The van der Waals surface area contributed by atoms with Crippen LogP contribution in [0.4, 0.5) is 4.79 Å². The van der Waals surface area contributed by atoms with Crippen molar-refractivity contribution >= 4 is 18.4 Å². The van der Waals surface area contributed by atoms with Crippen molar-refractivity contribution < 1.29 is 9.53 Å². The monoisotopic (exact) mass is 231 g/mol. The molecule has 4 N–H and O–H groups in total. The molecule has 0 spiro atoms. The zero-order valence-electron chi connectivity index (χ0n) is 8.32. The summed E-state index contributed by atoms with van der Waals surface area (Å²) in [6, 6.07) is 7.02. The number of benzene rings is 1. The number of nitrogens with two attached hydrogens (primary N) is 1. The van der Waals surface area contributed by atoms with Crippen LogP contribution in [0.1, 0.15) is 5.56 Å². The third kappa shape index (κ3) is 4.05. The van der Waals surface area contributed by atoms with Gasteiger partial charge in [0.15, 0.2) is 0 Å². The van der Waals surface area contributed by atoms with E-state index >= 15 is 0 Å². The van der Waals surface area contributed by atoms with Crippen molar-refractivity contribution in [1.29, 1.82) is 0 Å². The smallest absolute Gasteiger partial charge is 0.329 e. The highest BCUT2D eigenvalue weighted by Crippen LogP contribution is 2.16. The summed E-state index contributed by atoms with van der Waals surface area (Å²) in [5, 5.41) is 2.57. The van der Waals surface area contributed by atoms with Crippen LogP contribution < -0.4 is 21.3 Å². The van der Waals surface area contributed by atoms with Crippen LogP contribution in [0.15, 0.2) is 24.3 Å². The van der Waals surface area contributed by atoms with Crippen molar-refractivity contribution in [2.45, 2.75) is 6.54 Å². The predicted molar refractivity (Wildman–Crippen MR) is 59.8 cm³/mol. The second kappa shape index (κ2) is 6.92. The fraction of sp³-hybridized carbons (Fsp3) is 0.222. The molecule has 0 bridgehead atoms. The lowest BCUT2D eigenvalue weighted by Gasteiger charge is -2.08. The largest absolute Gasteiger partial charge is 0.496 e. The second-order valence-corrected chi connectivity index (χ2v) is 2.64. The fourth-order valence-corrected chi connectivity index (χ4v) is 1.08. The lowest BCUT2D eigenvalue weighted by Crippen LogP contribution is -2.39. The van der Waals surface area contributed by atoms with Crippen LogP contribution in [0, 0.1) is 0 Å². The number of hydrazine groups is 1. The van der Waals surface area contributed by atoms with Gasteiger partial charge in [-0.15, -0.1) is 12.4 Å². The summed E-state index contributed by atoms with van der Waals surface area (Å²) < 4.78 is 5.11. The van der Waals surface area contributed by atoms with Gasteiger partial charge in [-0.3, -0.25) is 5.43 Å². The molecule has 0 aliphatic carbocycles. The Bertz CT molecular complexity index is 320. The maximum atomic E-state index is 10.8. The number of hydrogen-bond donors (Lipinski definition) is 3. The minimum Gasteiger partial charge on any atom is -0.496 e. The van der Waals surface area contributed by atoms with Gasteiger partial charge in [0.2, 0.25) is 0 Å². The van der Waals surface area contributed by atoms with E-state index < -0.39 is 6.03 Å². The number of carbonyl (C=O) groups excluding carboxylic acids is 1. The molecule has 15 heavy (non-hydrogen) atoms. The number of halogens is 1.